The molecule has 3 aromatic carbocycles. The van der Waals surface area contributed by atoms with Gasteiger partial charge in [0.15, 0.2) is 11.4 Å². The lowest BCUT2D eigenvalue weighted by Gasteiger charge is -2.21. The second kappa shape index (κ2) is 5.82. The standard InChI is InChI=1S/C23H16N4O/c1-2-7-16(8-3-1)26-15-27(23-20(26)13-24-14-25-23)19-11-6-10-18-17-9-4-5-12-21(17)28-22(18)19/h1-14H,15H2. The van der Waals surface area contributed by atoms with Crippen LogP contribution in [0.5, 0.6) is 0 Å². The Morgan fingerprint density at radius 2 is 1.57 bits per heavy atom. The quantitative estimate of drug-likeness (QED) is 0.407. The van der Waals surface area contributed by atoms with Crippen LogP contribution in [-0.2, 0) is 0 Å². The smallest absolute Gasteiger partial charge is 0.162 e. The van der Waals surface area contributed by atoms with Crippen molar-refractivity contribution >= 4 is 44.8 Å². The summed E-state index contributed by atoms with van der Waals surface area (Å²) in [6.07, 6.45) is 3.47. The Hall–Kier alpha value is -3.86. The van der Waals surface area contributed by atoms with E-state index in [1.807, 2.05) is 42.6 Å². The van der Waals surface area contributed by atoms with Crippen LogP contribution in [-0.4, -0.2) is 16.6 Å². The zero-order valence-corrected chi connectivity index (χ0v) is 15.0. The van der Waals surface area contributed by atoms with Crippen LogP contribution in [0.15, 0.2) is 89.7 Å². The molecule has 0 bridgehead atoms. The predicted molar refractivity (Wildman–Crippen MR) is 111 cm³/mol. The van der Waals surface area contributed by atoms with Gasteiger partial charge < -0.3 is 14.2 Å². The fourth-order valence-corrected chi connectivity index (χ4v) is 3.96. The molecule has 1 aliphatic heterocycles. The molecular formula is C23H16N4O. The molecule has 0 unspecified atom stereocenters. The Morgan fingerprint density at radius 3 is 2.50 bits per heavy atom. The number of hydrogen-bond acceptors (Lipinski definition) is 5. The third-order valence-electron chi connectivity index (χ3n) is 5.24. The van der Waals surface area contributed by atoms with Crippen LogP contribution in [0.1, 0.15) is 0 Å². The number of rotatable bonds is 2. The van der Waals surface area contributed by atoms with Crippen molar-refractivity contribution < 1.29 is 4.42 Å². The Labute approximate surface area is 161 Å². The van der Waals surface area contributed by atoms with E-state index in [2.05, 4.69) is 56.2 Å². The van der Waals surface area contributed by atoms with Crippen molar-refractivity contribution in [2.75, 3.05) is 16.5 Å². The van der Waals surface area contributed by atoms with E-state index in [0.29, 0.717) is 6.67 Å². The molecule has 5 heteroatoms. The minimum atomic E-state index is 0.647. The number of anilines is 4. The molecule has 0 saturated heterocycles. The van der Waals surface area contributed by atoms with E-state index >= 15 is 0 Å². The molecule has 2 aromatic heterocycles. The van der Waals surface area contributed by atoms with Gasteiger partial charge in [-0.05, 0) is 24.3 Å². The second-order valence-corrected chi connectivity index (χ2v) is 6.82. The molecule has 0 radical (unpaired) electrons. The number of para-hydroxylation sites is 3. The molecule has 134 valence electrons. The molecule has 0 spiro atoms. The largest absolute Gasteiger partial charge is 0.454 e. The van der Waals surface area contributed by atoms with Crippen LogP contribution >= 0.6 is 0 Å². The zero-order valence-electron chi connectivity index (χ0n) is 15.0. The summed E-state index contributed by atoms with van der Waals surface area (Å²) in [7, 11) is 0. The monoisotopic (exact) mass is 364 g/mol. The minimum Gasteiger partial charge on any atom is -0.454 e. The number of benzene rings is 3. The van der Waals surface area contributed by atoms with Gasteiger partial charge in [0.1, 0.15) is 24.3 Å². The average Bonchev–Trinajstić information content (AvgIpc) is 3.33. The SMILES string of the molecule is c1ccc(N2CN(c3cccc4c3oc3ccccc34)c3ncncc32)cc1. The lowest BCUT2D eigenvalue weighted by molar-refractivity contribution is 0.668. The van der Waals surface area contributed by atoms with E-state index < -0.39 is 0 Å². The lowest BCUT2D eigenvalue weighted by Crippen LogP contribution is -2.24. The highest BCUT2D eigenvalue weighted by molar-refractivity contribution is 6.09. The van der Waals surface area contributed by atoms with Crippen LogP contribution < -0.4 is 9.80 Å². The number of nitrogens with zero attached hydrogens (tertiary/aromatic N) is 4. The van der Waals surface area contributed by atoms with E-state index in [0.717, 1.165) is 44.8 Å². The van der Waals surface area contributed by atoms with Crippen LogP contribution in [0.4, 0.5) is 22.9 Å². The van der Waals surface area contributed by atoms with Gasteiger partial charge in [-0.2, -0.15) is 0 Å². The summed E-state index contributed by atoms with van der Waals surface area (Å²) in [6.45, 7) is 0.647. The van der Waals surface area contributed by atoms with E-state index in [1.54, 1.807) is 6.33 Å². The minimum absolute atomic E-state index is 0.647. The van der Waals surface area contributed by atoms with E-state index in [9.17, 15) is 0 Å². The molecule has 0 atom stereocenters. The van der Waals surface area contributed by atoms with Crippen LogP contribution in [0.25, 0.3) is 21.9 Å². The van der Waals surface area contributed by atoms with Gasteiger partial charge in [0, 0.05) is 16.5 Å². The first-order chi connectivity index (χ1) is 13.9. The normalized spacial score (nSPS) is 13.4. The van der Waals surface area contributed by atoms with Crippen molar-refractivity contribution in [2.24, 2.45) is 0 Å². The molecule has 0 N–H and O–H groups in total. The maximum Gasteiger partial charge on any atom is 0.162 e. The molecule has 0 amide bonds. The summed E-state index contributed by atoms with van der Waals surface area (Å²) in [5, 5.41) is 2.24. The summed E-state index contributed by atoms with van der Waals surface area (Å²) in [5.41, 5.74) is 4.88. The second-order valence-electron chi connectivity index (χ2n) is 6.82. The molecular weight excluding hydrogens is 348 g/mol. The Balaban J connectivity index is 1.56. The first-order valence-electron chi connectivity index (χ1n) is 9.20. The molecule has 5 aromatic rings. The van der Waals surface area contributed by atoms with Gasteiger partial charge in [0.05, 0.1) is 11.9 Å². The van der Waals surface area contributed by atoms with E-state index in [4.69, 9.17) is 4.42 Å². The summed E-state index contributed by atoms with van der Waals surface area (Å²) in [4.78, 5) is 13.2. The topological polar surface area (TPSA) is 45.4 Å². The zero-order chi connectivity index (χ0) is 18.5. The van der Waals surface area contributed by atoms with Crippen molar-refractivity contribution in [1.29, 1.82) is 0 Å². The molecule has 28 heavy (non-hydrogen) atoms. The third kappa shape index (κ3) is 2.13. The van der Waals surface area contributed by atoms with Crippen LogP contribution in [0.2, 0.25) is 0 Å². The van der Waals surface area contributed by atoms with Crippen molar-refractivity contribution in [1.82, 2.24) is 9.97 Å². The molecule has 6 rings (SSSR count). The number of furan rings is 1. The highest BCUT2D eigenvalue weighted by Crippen LogP contribution is 2.45. The van der Waals surface area contributed by atoms with Gasteiger partial charge in [-0.15, -0.1) is 0 Å². The number of aromatic nitrogens is 2. The summed E-state index contributed by atoms with van der Waals surface area (Å²) in [5.74, 6) is 0.881. The van der Waals surface area contributed by atoms with Crippen molar-refractivity contribution in [2.45, 2.75) is 0 Å². The lowest BCUT2D eigenvalue weighted by atomic mass is 10.1. The third-order valence-corrected chi connectivity index (χ3v) is 5.24. The molecule has 0 fully saturated rings. The van der Waals surface area contributed by atoms with Gasteiger partial charge >= 0.3 is 0 Å². The van der Waals surface area contributed by atoms with Crippen molar-refractivity contribution in [3.05, 3.63) is 85.3 Å². The fourth-order valence-electron chi connectivity index (χ4n) is 3.96. The highest BCUT2D eigenvalue weighted by Gasteiger charge is 2.31. The maximum atomic E-state index is 6.25. The van der Waals surface area contributed by atoms with Gasteiger partial charge in [-0.1, -0.05) is 48.5 Å². The van der Waals surface area contributed by atoms with Gasteiger partial charge in [0.25, 0.3) is 0 Å². The number of hydrogen-bond donors (Lipinski definition) is 0. The van der Waals surface area contributed by atoms with Gasteiger partial charge in [0.2, 0.25) is 0 Å². The Morgan fingerprint density at radius 1 is 0.750 bits per heavy atom. The Kier molecular flexibility index (Phi) is 3.17. The average molecular weight is 364 g/mol. The van der Waals surface area contributed by atoms with Gasteiger partial charge in [-0.25, -0.2) is 9.97 Å². The molecule has 3 heterocycles. The molecule has 0 saturated carbocycles. The first kappa shape index (κ1) is 15.2. The van der Waals surface area contributed by atoms with Crippen molar-refractivity contribution in [3.8, 4) is 0 Å². The summed E-state index contributed by atoms with van der Waals surface area (Å²) in [6, 6.07) is 24.7. The first-order valence-corrected chi connectivity index (χ1v) is 9.20. The fraction of sp³-hybridized carbons (Fsp3) is 0.0435. The van der Waals surface area contributed by atoms with E-state index in [1.165, 1.54) is 0 Å². The molecule has 5 nitrogen and oxygen atoms in total. The van der Waals surface area contributed by atoms with Gasteiger partial charge in [-0.3, -0.25) is 0 Å². The predicted octanol–water partition coefficient (Wildman–Crippen LogP) is 5.62. The van der Waals surface area contributed by atoms with Crippen molar-refractivity contribution in [3.63, 3.8) is 0 Å². The Bertz CT molecular complexity index is 1310. The van der Waals surface area contributed by atoms with E-state index in [-0.39, 0.29) is 0 Å². The van der Waals surface area contributed by atoms with Crippen LogP contribution in [0, 0.1) is 0 Å². The molecule has 0 aliphatic carbocycles. The number of fused-ring (bicyclic) bond motifs is 4. The summed E-state index contributed by atoms with van der Waals surface area (Å²) >= 11 is 0. The van der Waals surface area contributed by atoms with Crippen LogP contribution in [0.3, 0.4) is 0 Å². The summed E-state index contributed by atoms with van der Waals surface area (Å²) < 4.78 is 6.25. The maximum absolute atomic E-state index is 6.25. The molecule has 1 aliphatic rings. The highest BCUT2D eigenvalue weighted by atomic mass is 16.3.